The molecule has 0 aromatic rings. The Bertz CT molecular complexity index is 170. The second kappa shape index (κ2) is 3.50. The molecule has 1 saturated heterocycles. The third-order valence-electron chi connectivity index (χ3n) is 1.74. The summed E-state index contributed by atoms with van der Waals surface area (Å²) in [6.45, 7) is 4.96. The van der Waals surface area contributed by atoms with Gasteiger partial charge in [-0.05, 0) is 6.42 Å². The molecule has 0 radical (unpaired) electrons. The molecule has 1 rings (SSSR count). The van der Waals surface area contributed by atoms with E-state index in [1.54, 1.807) is 11.1 Å². The van der Waals surface area contributed by atoms with Gasteiger partial charge in [-0.25, -0.2) is 5.01 Å². The van der Waals surface area contributed by atoms with E-state index < -0.39 is 5.97 Å². The highest BCUT2D eigenvalue weighted by Crippen LogP contribution is 2.13. The van der Waals surface area contributed by atoms with Crippen LogP contribution in [0.3, 0.4) is 0 Å². The van der Waals surface area contributed by atoms with Gasteiger partial charge in [-0.15, -0.1) is 6.58 Å². The van der Waals surface area contributed by atoms with Gasteiger partial charge in [-0.2, -0.15) is 0 Å². The molecule has 2 N–H and O–H groups in total. The maximum absolute atomic E-state index is 10.4. The number of hydrazine groups is 1. The molecule has 0 saturated carbocycles. The molecule has 0 bridgehead atoms. The molecule has 62 valence electrons. The van der Waals surface area contributed by atoms with Gasteiger partial charge in [0.25, 0.3) is 0 Å². The van der Waals surface area contributed by atoms with E-state index in [1.165, 1.54) is 0 Å². The summed E-state index contributed by atoms with van der Waals surface area (Å²) in [6, 6.07) is -0.338. The smallest absolute Gasteiger partial charge is 0.322 e. The van der Waals surface area contributed by atoms with Crippen LogP contribution >= 0.6 is 0 Å². The predicted molar refractivity (Wildman–Crippen MR) is 40.9 cm³/mol. The van der Waals surface area contributed by atoms with Crippen LogP contribution in [0, 0.1) is 0 Å². The molecule has 1 aliphatic rings. The van der Waals surface area contributed by atoms with Crippen LogP contribution in [-0.4, -0.2) is 35.2 Å². The Morgan fingerprint density at radius 3 is 3.00 bits per heavy atom. The first-order valence-corrected chi connectivity index (χ1v) is 3.59. The van der Waals surface area contributed by atoms with E-state index >= 15 is 0 Å². The Morgan fingerprint density at radius 1 is 1.91 bits per heavy atom. The zero-order valence-corrected chi connectivity index (χ0v) is 6.29. The Kier molecular flexibility index (Phi) is 2.62. The van der Waals surface area contributed by atoms with E-state index in [4.69, 9.17) is 5.11 Å². The van der Waals surface area contributed by atoms with Crippen LogP contribution in [0.5, 0.6) is 0 Å². The van der Waals surface area contributed by atoms with Crippen LogP contribution in [0.1, 0.15) is 6.42 Å². The minimum absolute atomic E-state index is 0.338. The number of nitrogens with zero attached hydrogens (tertiary/aromatic N) is 1. The average Bonchev–Trinajstić information content (AvgIpc) is 1.84. The van der Waals surface area contributed by atoms with Crippen molar-refractivity contribution >= 4 is 5.97 Å². The fourth-order valence-electron chi connectivity index (χ4n) is 1.02. The lowest BCUT2D eigenvalue weighted by Crippen LogP contribution is -2.58. The molecule has 1 aliphatic heterocycles. The fourth-order valence-corrected chi connectivity index (χ4v) is 1.02. The number of carboxylic acid groups (broad SMARTS) is 1. The van der Waals surface area contributed by atoms with E-state index in [9.17, 15) is 4.79 Å². The van der Waals surface area contributed by atoms with Crippen LogP contribution in [0.25, 0.3) is 0 Å². The Morgan fingerprint density at radius 2 is 2.64 bits per heavy atom. The molecule has 4 nitrogen and oxygen atoms in total. The van der Waals surface area contributed by atoms with Crippen molar-refractivity contribution in [3.63, 3.8) is 0 Å². The molecule has 1 fully saturated rings. The summed E-state index contributed by atoms with van der Waals surface area (Å²) in [5, 5.41) is 10.3. The largest absolute Gasteiger partial charge is 0.480 e. The number of hydrogen-bond donors (Lipinski definition) is 2. The third kappa shape index (κ3) is 1.78. The topological polar surface area (TPSA) is 52.6 Å². The molecule has 1 atom stereocenters. The van der Waals surface area contributed by atoms with Crippen molar-refractivity contribution in [1.82, 2.24) is 10.4 Å². The summed E-state index contributed by atoms with van der Waals surface area (Å²) in [7, 11) is 0. The average molecular weight is 156 g/mol. The predicted octanol–water partition coefficient (Wildman–Crippen LogP) is -0.164. The lowest BCUT2D eigenvalue weighted by molar-refractivity contribution is -0.150. The normalized spacial score (nSPS) is 24.2. The van der Waals surface area contributed by atoms with Gasteiger partial charge < -0.3 is 5.11 Å². The highest BCUT2D eigenvalue weighted by molar-refractivity contribution is 5.74. The van der Waals surface area contributed by atoms with Gasteiger partial charge in [0.15, 0.2) is 0 Å². The highest BCUT2D eigenvalue weighted by atomic mass is 16.4. The molecular formula is C7H12N2O2. The van der Waals surface area contributed by atoms with Crippen LogP contribution in [0.4, 0.5) is 0 Å². The molecule has 0 aromatic heterocycles. The molecule has 0 aliphatic carbocycles. The second-order valence-corrected chi connectivity index (χ2v) is 2.49. The molecule has 0 unspecified atom stereocenters. The van der Waals surface area contributed by atoms with E-state index in [0.717, 1.165) is 13.0 Å². The van der Waals surface area contributed by atoms with Crippen LogP contribution in [0.15, 0.2) is 12.7 Å². The summed E-state index contributed by atoms with van der Waals surface area (Å²) in [6.07, 6.45) is 2.44. The number of rotatable bonds is 4. The molecule has 11 heavy (non-hydrogen) atoms. The van der Waals surface area contributed by atoms with Crippen molar-refractivity contribution in [2.24, 2.45) is 0 Å². The van der Waals surface area contributed by atoms with Gasteiger partial charge in [0.1, 0.15) is 6.04 Å². The van der Waals surface area contributed by atoms with Crippen molar-refractivity contribution in [1.29, 1.82) is 0 Å². The zero-order chi connectivity index (χ0) is 8.27. The van der Waals surface area contributed by atoms with E-state index in [1.807, 2.05) is 0 Å². The first kappa shape index (κ1) is 8.23. The molecule has 0 amide bonds. The zero-order valence-electron chi connectivity index (χ0n) is 6.29. The summed E-state index contributed by atoms with van der Waals surface area (Å²) < 4.78 is 0. The number of hydrogen-bond acceptors (Lipinski definition) is 3. The van der Waals surface area contributed by atoms with Crippen LogP contribution in [-0.2, 0) is 4.79 Å². The van der Waals surface area contributed by atoms with Gasteiger partial charge in [-0.1, -0.05) is 6.08 Å². The maximum atomic E-state index is 10.4. The standard InChI is InChI=1S/C7H12N2O2/c1-2-4-8-9-5-3-6(9)7(10)11/h2,6,8H,1,3-5H2,(H,10,11)/t6-/m0/s1. The minimum Gasteiger partial charge on any atom is -0.480 e. The Balaban J connectivity index is 2.25. The summed E-state index contributed by atoms with van der Waals surface area (Å²) in [5.74, 6) is -0.757. The molecule has 0 aromatic carbocycles. The first-order chi connectivity index (χ1) is 5.25. The van der Waals surface area contributed by atoms with Crippen LogP contribution in [0.2, 0.25) is 0 Å². The van der Waals surface area contributed by atoms with Crippen molar-refractivity contribution in [2.45, 2.75) is 12.5 Å². The quantitative estimate of drug-likeness (QED) is 0.555. The molecular weight excluding hydrogens is 144 g/mol. The number of aliphatic carboxylic acids is 1. The second-order valence-electron chi connectivity index (χ2n) is 2.49. The summed E-state index contributed by atoms with van der Waals surface area (Å²) in [5.41, 5.74) is 2.93. The van der Waals surface area contributed by atoms with Gasteiger partial charge in [0, 0.05) is 13.1 Å². The number of carbonyl (C=O) groups is 1. The van der Waals surface area contributed by atoms with Crippen molar-refractivity contribution in [2.75, 3.05) is 13.1 Å². The fraction of sp³-hybridized carbons (Fsp3) is 0.571. The lowest BCUT2D eigenvalue weighted by Gasteiger charge is -2.37. The summed E-state index contributed by atoms with van der Waals surface area (Å²) >= 11 is 0. The SMILES string of the molecule is C=CCNN1CC[C@H]1C(=O)O. The Labute approximate surface area is 65.5 Å². The molecule has 4 heteroatoms. The summed E-state index contributed by atoms with van der Waals surface area (Å²) in [4.78, 5) is 10.4. The lowest BCUT2D eigenvalue weighted by atomic mass is 10.1. The van der Waals surface area contributed by atoms with Gasteiger partial charge >= 0.3 is 5.97 Å². The van der Waals surface area contributed by atoms with Gasteiger partial charge in [-0.3, -0.25) is 10.2 Å². The highest BCUT2D eigenvalue weighted by Gasteiger charge is 2.33. The van der Waals surface area contributed by atoms with Crippen LogP contribution < -0.4 is 5.43 Å². The van der Waals surface area contributed by atoms with E-state index in [-0.39, 0.29) is 6.04 Å². The van der Waals surface area contributed by atoms with E-state index in [0.29, 0.717) is 6.54 Å². The van der Waals surface area contributed by atoms with E-state index in [2.05, 4.69) is 12.0 Å². The minimum atomic E-state index is -0.757. The van der Waals surface area contributed by atoms with Crippen molar-refractivity contribution < 1.29 is 9.90 Å². The van der Waals surface area contributed by atoms with Crippen molar-refractivity contribution in [3.8, 4) is 0 Å². The number of carboxylic acids is 1. The maximum Gasteiger partial charge on any atom is 0.322 e. The van der Waals surface area contributed by atoms with Gasteiger partial charge in [0.05, 0.1) is 0 Å². The molecule has 1 heterocycles. The van der Waals surface area contributed by atoms with Crippen molar-refractivity contribution in [3.05, 3.63) is 12.7 Å². The Hall–Kier alpha value is -0.870. The number of nitrogens with one attached hydrogen (secondary N) is 1. The first-order valence-electron chi connectivity index (χ1n) is 3.59. The molecule has 0 spiro atoms. The monoisotopic (exact) mass is 156 g/mol. The third-order valence-corrected chi connectivity index (χ3v) is 1.74. The van der Waals surface area contributed by atoms with Gasteiger partial charge in [0.2, 0.25) is 0 Å².